The summed E-state index contributed by atoms with van der Waals surface area (Å²) in [5.41, 5.74) is 7.68. The van der Waals surface area contributed by atoms with Crippen LogP contribution in [0.5, 0.6) is 0 Å². The van der Waals surface area contributed by atoms with E-state index < -0.39 is 22.1 Å². The normalized spacial score (nSPS) is 16.2. The van der Waals surface area contributed by atoms with Crippen LogP contribution in [0.3, 0.4) is 0 Å². The minimum Gasteiger partial charge on any atom is -0.147 e. The Morgan fingerprint density at radius 2 is 0.892 bits per heavy atom. The molecule has 1 aliphatic rings. The van der Waals surface area contributed by atoms with Gasteiger partial charge in [0.05, 0.1) is 0 Å². The van der Waals surface area contributed by atoms with Crippen molar-refractivity contribution in [2.45, 2.75) is 87.4 Å². The maximum absolute atomic E-state index is 2.72. The van der Waals surface area contributed by atoms with Crippen LogP contribution in [-0.2, 0) is 18.4 Å². The van der Waals surface area contributed by atoms with Gasteiger partial charge >= 0.3 is 223 Å². The first kappa shape index (κ1) is 37.2. The van der Waals surface area contributed by atoms with Crippen LogP contribution in [0.4, 0.5) is 0 Å². The van der Waals surface area contributed by atoms with Gasteiger partial charge in [-0.2, -0.15) is 0 Å². The molecule has 7 heteroatoms. The quantitative estimate of drug-likeness (QED) is 0.282. The Kier molecular flexibility index (Phi) is 13.3. The minimum atomic E-state index is -1.91. The Labute approximate surface area is 258 Å². The van der Waals surface area contributed by atoms with E-state index in [-0.39, 0.29) is 55.6 Å². The van der Waals surface area contributed by atoms with Crippen molar-refractivity contribution < 1.29 is 18.4 Å². The van der Waals surface area contributed by atoms with E-state index in [1.807, 2.05) is 3.88 Å². The van der Waals surface area contributed by atoms with E-state index in [0.29, 0.717) is 5.92 Å². The molecule has 0 aliphatic heterocycles. The third-order valence-electron chi connectivity index (χ3n) is 8.07. The van der Waals surface area contributed by atoms with E-state index in [1.165, 1.54) is 11.1 Å². The number of hydrogen-bond donors (Lipinski definition) is 0. The average Bonchev–Trinajstić information content (AvgIpc) is 2.89. The summed E-state index contributed by atoms with van der Waals surface area (Å²) < 4.78 is 1.82. The molecule has 0 saturated carbocycles. The molecule has 37 heavy (non-hydrogen) atoms. The van der Waals surface area contributed by atoms with Crippen molar-refractivity contribution in [3.05, 3.63) is 68.1 Å². The zero-order chi connectivity index (χ0) is 25.8. The number of aryl methyl sites for hydroxylation is 2. The van der Waals surface area contributed by atoms with Crippen molar-refractivity contribution in [2.75, 3.05) is 0 Å². The number of rotatable bonds is 6. The van der Waals surface area contributed by atoms with Gasteiger partial charge in [0.2, 0.25) is 0 Å². The molecule has 0 fully saturated rings. The van der Waals surface area contributed by atoms with Crippen molar-refractivity contribution in [1.29, 1.82) is 0 Å². The predicted octanol–water partition coefficient (Wildman–Crippen LogP) is 7.69. The zero-order valence-corrected chi connectivity index (χ0v) is 32.3. The van der Waals surface area contributed by atoms with Gasteiger partial charge in [-0.15, -0.1) is 37.2 Å². The molecule has 0 nitrogen and oxygen atoms in total. The van der Waals surface area contributed by atoms with E-state index in [4.69, 9.17) is 0 Å². The maximum Gasteiger partial charge on any atom is -0.147 e. The number of halogens is 3. The molecule has 0 N–H and O–H groups in total. The van der Waals surface area contributed by atoms with Crippen molar-refractivity contribution in [2.24, 2.45) is 5.92 Å². The first-order valence-electron chi connectivity index (χ1n) is 12.9. The van der Waals surface area contributed by atoms with Crippen molar-refractivity contribution in [3.63, 3.8) is 0 Å². The van der Waals surface area contributed by atoms with Crippen LogP contribution in [0, 0.1) is 19.8 Å². The predicted molar refractivity (Wildman–Crippen MR) is 181 cm³/mol. The van der Waals surface area contributed by atoms with Crippen LogP contribution >= 0.6 is 37.2 Å². The van der Waals surface area contributed by atoms with Gasteiger partial charge in [-0.05, 0) is 0 Å². The largest absolute Gasteiger partial charge is 0.147 e. The number of benzene rings is 2. The topological polar surface area (TPSA) is 0 Å². The van der Waals surface area contributed by atoms with Gasteiger partial charge in [0.25, 0.3) is 0 Å². The van der Waals surface area contributed by atoms with Crippen LogP contribution in [0.1, 0.15) is 38.8 Å². The molecule has 0 heterocycles. The van der Waals surface area contributed by atoms with Gasteiger partial charge in [0, 0.05) is 0 Å². The second-order valence-electron chi connectivity index (χ2n) is 13.0. The Morgan fingerprint density at radius 3 is 1.19 bits per heavy atom. The van der Waals surface area contributed by atoms with E-state index in [1.54, 1.807) is 37.5 Å². The molecule has 2 aromatic carbocycles. The summed E-state index contributed by atoms with van der Waals surface area (Å²) in [6.07, 6.45) is 0. The first-order chi connectivity index (χ1) is 15.4. The molecule has 0 saturated heterocycles. The van der Waals surface area contributed by atoms with E-state index >= 15 is 0 Å². The first-order valence-corrected chi connectivity index (χ1v) is 25.5. The summed E-state index contributed by atoms with van der Waals surface area (Å²) in [5.74, 6) is -1.29. The summed E-state index contributed by atoms with van der Waals surface area (Å²) in [5, 5.41) is 6.63. The van der Waals surface area contributed by atoms with Crippen molar-refractivity contribution in [3.8, 4) is 0 Å². The number of allylic oxidation sites excluding steroid dienone is 4. The summed E-state index contributed by atoms with van der Waals surface area (Å²) in [6.45, 7) is 32.0. The van der Waals surface area contributed by atoms with E-state index in [9.17, 15) is 0 Å². The molecule has 0 amide bonds. The molecule has 1 atom stereocenters. The molecule has 1 unspecified atom stereocenters. The van der Waals surface area contributed by atoms with Crippen LogP contribution in [0.25, 0.3) is 0 Å². The van der Waals surface area contributed by atoms with Gasteiger partial charge in [-0.3, -0.25) is 0 Å². The van der Waals surface area contributed by atoms with Crippen LogP contribution < -0.4 is 20.7 Å². The fraction of sp³-hybridized carbons (Fsp3) is 0.467. The Morgan fingerprint density at radius 1 is 0.541 bits per heavy atom. The van der Waals surface area contributed by atoms with E-state index in [0.717, 1.165) is 0 Å². The van der Waals surface area contributed by atoms with Gasteiger partial charge < -0.3 is 0 Å². The van der Waals surface area contributed by atoms with Crippen LogP contribution in [-0.4, -0.2) is 22.1 Å². The summed E-state index contributed by atoms with van der Waals surface area (Å²) >= 11 is -0.322. The molecule has 206 valence electrons. The van der Waals surface area contributed by atoms with Gasteiger partial charge in [-0.1, -0.05) is 0 Å². The molecular formula is C30H49Cl3Si3Ti. The molecule has 0 radical (unpaired) electrons. The van der Waals surface area contributed by atoms with Gasteiger partial charge in [0.1, 0.15) is 0 Å². The third-order valence-corrected chi connectivity index (χ3v) is 23.3. The molecule has 0 aromatic heterocycles. The van der Waals surface area contributed by atoms with Crippen molar-refractivity contribution in [1.82, 2.24) is 0 Å². The Bertz CT molecular complexity index is 1120. The van der Waals surface area contributed by atoms with Crippen LogP contribution in [0.15, 0.2) is 57.0 Å². The van der Waals surface area contributed by atoms with Gasteiger partial charge in [-0.25, -0.2) is 0 Å². The smallest absolute Gasteiger partial charge is 0.147 e. The standard InChI is InChI=1S/C21H33Si3.C9H13.3ClH.Ti/c1-16-10-18(14-20(12-16)23(4,5)6)22(3)19-11-17(2)13-21(15-19)24(7,8)9;1-6-5-7(2)9(4)8(6)3;;;;/h10-15H,1-9H3;6H,1-4H3;3*1H;. The Hall–Kier alpha value is 0.155. The average molecular weight is 648 g/mol. The maximum atomic E-state index is 2.72. The summed E-state index contributed by atoms with van der Waals surface area (Å²) in [6, 6.07) is 15.4. The molecular weight excluding hydrogens is 599 g/mol. The van der Waals surface area contributed by atoms with Crippen molar-refractivity contribution >= 4 is 80.1 Å². The fourth-order valence-corrected chi connectivity index (χ4v) is 19.2. The molecule has 0 bridgehead atoms. The third kappa shape index (κ3) is 7.88. The van der Waals surface area contributed by atoms with E-state index in [2.05, 4.69) is 124 Å². The SMILES string of the molecule is CC1=C(C)C(C)[C]([Ti][Si](C)(c2cc(C)cc([Si](C)(C)C)c2)c2cc(C)cc([Si](C)(C)C)c2)=C1C.Cl.Cl.Cl. The second-order valence-corrected chi connectivity index (χ2v) is 33.5. The molecule has 0 spiro atoms. The van der Waals surface area contributed by atoms with Crippen LogP contribution in [0.2, 0.25) is 45.8 Å². The molecule has 2 aromatic rings. The zero-order valence-electron chi connectivity index (χ0n) is 25.3. The van der Waals surface area contributed by atoms with Gasteiger partial charge in [0.15, 0.2) is 0 Å². The fourth-order valence-electron chi connectivity index (χ4n) is 5.16. The molecule has 3 rings (SSSR count). The monoisotopic (exact) mass is 646 g/mol. The molecule has 1 aliphatic carbocycles. The summed E-state index contributed by atoms with van der Waals surface area (Å²) in [7, 11) is -2.80. The Balaban J connectivity index is 0.00000432. The number of hydrogen-bond acceptors (Lipinski definition) is 0. The minimum absolute atomic E-state index is 0. The second kappa shape index (κ2) is 13.2. The summed E-state index contributed by atoms with van der Waals surface area (Å²) in [4.78, 5) is 0.